The standard InChI is InChI=1S/C17H13BrN2O2S/c18-13-6-2-1-5-12(13)16(21)22-11-9-20(10-11)17-19-14-7-3-4-8-15(14)23-17/h1-8,11H,9-10H2. The van der Waals surface area contributed by atoms with Gasteiger partial charge in [0.1, 0.15) is 6.10 Å². The fraction of sp³-hybridized carbons (Fsp3) is 0.176. The predicted octanol–water partition coefficient (Wildman–Crippen LogP) is 4.10. The Labute approximate surface area is 145 Å². The first-order valence-electron chi connectivity index (χ1n) is 7.27. The molecule has 0 radical (unpaired) electrons. The average molecular weight is 389 g/mol. The van der Waals surface area contributed by atoms with E-state index in [-0.39, 0.29) is 12.1 Å². The van der Waals surface area contributed by atoms with Crippen molar-refractivity contribution in [2.45, 2.75) is 6.10 Å². The second-order valence-corrected chi connectivity index (χ2v) is 7.24. The summed E-state index contributed by atoms with van der Waals surface area (Å²) in [6.07, 6.45) is -0.0818. The molecule has 0 atom stereocenters. The first-order chi connectivity index (χ1) is 11.2. The summed E-state index contributed by atoms with van der Waals surface area (Å²) in [7, 11) is 0. The van der Waals surface area contributed by atoms with Crippen molar-refractivity contribution in [2.75, 3.05) is 18.0 Å². The van der Waals surface area contributed by atoms with Gasteiger partial charge in [-0.15, -0.1) is 0 Å². The Morgan fingerprint density at radius 2 is 1.91 bits per heavy atom. The van der Waals surface area contributed by atoms with E-state index in [2.05, 4.69) is 31.9 Å². The lowest BCUT2D eigenvalue weighted by Crippen LogP contribution is -2.53. The molecule has 3 aromatic rings. The molecule has 116 valence electrons. The van der Waals surface area contributed by atoms with E-state index in [1.54, 1.807) is 17.4 Å². The number of hydrogen-bond acceptors (Lipinski definition) is 5. The zero-order valence-corrected chi connectivity index (χ0v) is 14.5. The van der Waals surface area contributed by atoms with E-state index in [1.165, 1.54) is 4.70 Å². The smallest absolute Gasteiger partial charge is 0.339 e. The first-order valence-corrected chi connectivity index (χ1v) is 8.88. The second-order valence-electron chi connectivity index (χ2n) is 5.38. The Kier molecular flexibility index (Phi) is 3.79. The monoisotopic (exact) mass is 388 g/mol. The molecule has 1 fully saturated rings. The zero-order chi connectivity index (χ0) is 15.8. The third kappa shape index (κ3) is 2.84. The van der Waals surface area contributed by atoms with Crippen molar-refractivity contribution in [3.8, 4) is 0 Å². The van der Waals surface area contributed by atoms with Crippen LogP contribution in [-0.2, 0) is 4.74 Å². The van der Waals surface area contributed by atoms with Crippen LogP contribution in [-0.4, -0.2) is 30.1 Å². The van der Waals surface area contributed by atoms with Crippen molar-refractivity contribution in [2.24, 2.45) is 0 Å². The molecule has 23 heavy (non-hydrogen) atoms. The maximum Gasteiger partial charge on any atom is 0.339 e. The van der Waals surface area contributed by atoms with E-state index < -0.39 is 0 Å². The number of ether oxygens (including phenoxy) is 1. The van der Waals surface area contributed by atoms with Crippen LogP contribution in [0.5, 0.6) is 0 Å². The summed E-state index contributed by atoms with van der Waals surface area (Å²) in [5.41, 5.74) is 1.58. The van der Waals surface area contributed by atoms with E-state index in [4.69, 9.17) is 4.74 Å². The van der Waals surface area contributed by atoms with Crippen LogP contribution >= 0.6 is 27.3 Å². The third-order valence-electron chi connectivity index (χ3n) is 3.77. The third-order valence-corrected chi connectivity index (χ3v) is 5.56. The van der Waals surface area contributed by atoms with Gasteiger partial charge in [-0.05, 0) is 40.2 Å². The molecule has 2 heterocycles. The van der Waals surface area contributed by atoms with Gasteiger partial charge in [0.05, 0.1) is 28.9 Å². The highest BCUT2D eigenvalue weighted by Crippen LogP contribution is 2.32. The molecule has 0 bridgehead atoms. The first kappa shape index (κ1) is 14.7. The molecular weight excluding hydrogens is 376 g/mol. The summed E-state index contributed by atoms with van der Waals surface area (Å²) in [6, 6.07) is 15.4. The highest BCUT2D eigenvalue weighted by atomic mass is 79.9. The van der Waals surface area contributed by atoms with Crippen molar-refractivity contribution < 1.29 is 9.53 Å². The van der Waals surface area contributed by atoms with Crippen LogP contribution in [0.15, 0.2) is 53.0 Å². The highest BCUT2D eigenvalue weighted by Gasteiger charge is 2.32. The maximum absolute atomic E-state index is 12.2. The van der Waals surface area contributed by atoms with Gasteiger partial charge in [0.25, 0.3) is 0 Å². The number of carbonyl (C=O) groups excluding carboxylic acids is 1. The Bertz CT molecular complexity index is 841. The molecular formula is C17H13BrN2O2S. The molecule has 0 saturated carbocycles. The van der Waals surface area contributed by atoms with Crippen LogP contribution in [0.2, 0.25) is 0 Å². The summed E-state index contributed by atoms with van der Waals surface area (Å²) < 4.78 is 7.48. The summed E-state index contributed by atoms with van der Waals surface area (Å²) in [4.78, 5) is 18.9. The van der Waals surface area contributed by atoms with Gasteiger partial charge in [-0.3, -0.25) is 0 Å². The minimum absolute atomic E-state index is 0.0818. The van der Waals surface area contributed by atoms with Crippen molar-refractivity contribution in [1.82, 2.24) is 4.98 Å². The van der Waals surface area contributed by atoms with E-state index in [9.17, 15) is 4.79 Å². The minimum atomic E-state index is -0.286. The Hall–Kier alpha value is -1.92. The number of esters is 1. The van der Waals surface area contributed by atoms with Crippen molar-refractivity contribution in [3.05, 3.63) is 58.6 Å². The number of thiazole rings is 1. The van der Waals surface area contributed by atoms with Crippen LogP contribution in [0.1, 0.15) is 10.4 Å². The minimum Gasteiger partial charge on any atom is -0.455 e. The van der Waals surface area contributed by atoms with Crippen LogP contribution in [0, 0.1) is 0 Å². The fourth-order valence-corrected chi connectivity index (χ4v) is 3.94. The van der Waals surface area contributed by atoms with Gasteiger partial charge in [0, 0.05) is 4.47 Å². The molecule has 4 rings (SSSR count). The molecule has 0 N–H and O–H groups in total. The quantitative estimate of drug-likeness (QED) is 0.633. The van der Waals surface area contributed by atoms with Gasteiger partial charge >= 0.3 is 5.97 Å². The van der Waals surface area contributed by atoms with Gasteiger partial charge in [-0.1, -0.05) is 35.6 Å². The van der Waals surface area contributed by atoms with E-state index >= 15 is 0 Å². The molecule has 0 amide bonds. The molecule has 4 nitrogen and oxygen atoms in total. The summed E-state index contributed by atoms with van der Waals surface area (Å²) in [5.74, 6) is -0.286. The molecule has 0 unspecified atom stereocenters. The number of para-hydroxylation sites is 1. The molecule has 1 aliphatic rings. The Morgan fingerprint density at radius 3 is 2.70 bits per heavy atom. The molecule has 6 heteroatoms. The molecule has 2 aromatic carbocycles. The molecule has 0 aliphatic carbocycles. The van der Waals surface area contributed by atoms with E-state index in [1.807, 2.05) is 36.4 Å². The SMILES string of the molecule is O=C(OC1CN(c2nc3ccccc3s2)C1)c1ccccc1Br. The molecule has 0 spiro atoms. The average Bonchev–Trinajstić information content (AvgIpc) is 2.94. The van der Waals surface area contributed by atoms with Crippen LogP contribution < -0.4 is 4.90 Å². The lowest BCUT2D eigenvalue weighted by Gasteiger charge is -2.38. The number of nitrogens with zero attached hydrogens (tertiary/aromatic N) is 2. The van der Waals surface area contributed by atoms with Crippen molar-refractivity contribution in [1.29, 1.82) is 0 Å². The topological polar surface area (TPSA) is 42.4 Å². The molecule has 1 saturated heterocycles. The normalized spacial score (nSPS) is 14.7. The lowest BCUT2D eigenvalue weighted by atomic mass is 10.2. The van der Waals surface area contributed by atoms with Gasteiger partial charge in [-0.2, -0.15) is 0 Å². The number of benzene rings is 2. The van der Waals surface area contributed by atoms with Gasteiger partial charge in [0.2, 0.25) is 0 Å². The van der Waals surface area contributed by atoms with Gasteiger partial charge in [0.15, 0.2) is 5.13 Å². The number of fused-ring (bicyclic) bond motifs is 1. The number of carbonyl (C=O) groups is 1. The Balaban J connectivity index is 1.40. The number of hydrogen-bond donors (Lipinski definition) is 0. The summed E-state index contributed by atoms with van der Waals surface area (Å²) >= 11 is 5.04. The zero-order valence-electron chi connectivity index (χ0n) is 12.1. The van der Waals surface area contributed by atoms with Crippen molar-refractivity contribution in [3.63, 3.8) is 0 Å². The largest absolute Gasteiger partial charge is 0.455 e. The van der Waals surface area contributed by atoms with Crippen LogP contribution in [0.3, 0.4) is 0 Å². The van der Waals surface area contributed by atoms with Gasteiger partial charge in [-0.25, -0.2) is 9.78 Å². The molecule has 1 aromatic heterocycles. The summed E-state index contributed by atoms with van der Waals surface area (Å²) in [5, 5.41) is 0.986. The lowest BCUT2D eigenvalue weighted by molar-refractivity contribution is 0.0233. The molecule has 1 aliphatic heterocycles. The van der Waals surface area contributed by atoms with Crippen LogP contribution in [0.4, 0.5) is 5.13 Å². The summed E-state index contributed by atoms with van der Waals surface area (Å²) in [6.45, 7) is 1.38. The van der Waals surface area contributed by atoms with E-state index in [0.717, 1.165) is 15.1 Å². The number of anilines is 1. The fourth-order valence-electron chi connectivity index (χ4n) is 2.51. The Morgan fingerprint density at radius 1 is 1.17 bits per heavy atom. The number of rotatable bonds is 3. The highest BCUT2D eigenvalue weighted by molar-refractivity contribution is 9.10. The predicted molar refractivity (Wildman–Crippen MR) is 95.2 cm³/mol. The van der Waals surface area contributed by atoms with Crippen LogP contribution in [0.25, 0.3) is 10.2 Å². The second kappa shape index (κ2) is 5.94. The maximum atomic E-state index is 12.2. The number of aromatic nitrogens is 1. The number of halogens is 1. The van der Waals surface area contributed by atoms with Crippen molar-refractivity contribution >= 4 is 48.6 Å². The van der Waals surface area contributed by atoms with E-state index in [0.29, 0.717) is 18.7 Å². The van der Waals surface area contributed by atoms with Gasteiger partial charge < -0.3 is 9.64 Å².